The maximum atomic E-state index is 13.0. The highest BCUT2D eigenvalue weighted by Gasteiger charge is 2.32. The average molecular weight is 358 g/mol. The van der Waals surface area contributed by atoms with Crippen molar-refractivity contribution in [2.75, 3.05) is 31.1 Å². The molecule has 3 heterocycles. The highest BCUT2D eigenvalue weighted by atomic mass is 32.1. The van der Waals surface area contributed by atoms with Crippen molar-refractivity contribution in [3.05, 3.63) is 23.8 Å². The number of hydrogen-bond acceptors (Lipinski definition) is 4. The maximum Gasteiger partial charge on any atom is 0.227 e. The molecule has 2 fully saturated rings. The first-order valence-corrected chi connectivity index (χ1v) is 10.3. The van der Waals surface area contributed by atoms with Crippen molar-refractivity contribution in [1.82, 2.24) is 9.88 Å². The fraction of sp³-hybridized carbons (Fsp3) is 0.600. The number of hydrogen-bond donors (Lipinski definition) is 0. The molecule has 0 N–H and O–H groups in total. The molecule has 2 atom stereocenters. The molecule has 0 bridgehead atoms. The van der Waals surface area contributed by atoms with Crippen LogP contribution < -0.4 is 4.90 Å². The van der Waals surface area contributed by atoms with E-state index in [4.69, 9.17) is 4.98 Å². The third-order valence-electron chi connectivity index (χ3n) is 5.54. The van der Waals surface area contributed by atoms with Crippen LogP contribution in [0, 0.1) is 18.8 Å². The largest absolute Gasteiger partial charge is 0.347 e. The van der Waals surface area contributed by atoms with Crippen LogP contribution in [0.4, 0.5) is 5.13 Å². The lowest BCUT2D eigenvalue weighted by Gasteiger charge is -2.37. The van der Waals surface area contributed by atoms with E-state index in [9.17, 15) is 4.79 Å². The standard InChI is InChI=1S/C20H27N3OS/c1-14-7-8-17-18(11-14)25-20(21-17)23-10-4-6-16(13-23)19(24)22-9-3-5-15(2)12-22/h7-8,11,15-16H,3-6,9-10,12-13H2,1-2H3. The Labute approximate surface area is 153 Å². The number of fused-ring (bicyclic) bond motifs is 1. The molecule has 25 heavy (non-hydrogen) atoms. The van der Waals surface area contributed by atoms with Crippen LogP contribution in [0.25, 0.3) is 10.2 Å². The van der Waals surface area contributed by atoms with Gasteiger partial charge in [-0.05, 0) is 56.2 Å². The first-order valence-electron chi connectivity index (χ1n) is 9.51. The van der Waals surface area contributed by atoms with Crippen LogP contribution in [0.5, 0.6) is 0 Å². The normalized spacial score (nSPS) is 24.7. The fourth-order valence-electron chi connectivity index (χ4n) is 4.16. The topological polar surface area (TPSA) is 36.4 Å². The lowest BCUT2D eigenvalue weighted by atomic mass is 9.94. The van der Waals surface area contributed by atoms with Crippen LogP contribution in [0.3, 0.4) is 0 Å². The average Bonchev–Trinajstić information content (AvgIpc) is 3.04. The first-order chi connectivity index (χ1) is 12.1. The molecule has 5 heteroatoms. The zero-order valence-electron chi connectivity index (χ0n) is 15.2. The Bertz CT molecular complexity index is 771. The van der Waals surface area contributed by atoms with Gasteiger partial charge in [-0.15, -0.1) is 0 Å². The lowest BCUT2D eigenvalue weighted by Crippen LogP contribution is -2.47. The third kappa shape index (κ3) is 3.52. The summed E-state index contributed by atoms with van der Waals surface area (Å²) in [6.45, 7) is 8.10. The third-order valence-corrected chi connectivity index (χ3v) is 6.62. The van der Waals surface area contributed by atoms with E-state index in [0.717, 1.165) is 56.1 Å². The fourth-order valence-corrected chi connectivity index (χ4v) is 5.25. The van der Waals surface area contributed by atoms with E-state index in [-0.39, 0.29) is 5.92 Å². The van der Waals surface area contributed by atoms with Gasteiger partial charge in [0.1, 0.15) is 0 Å². The van der Waals surface area contributed by atoms with Gasteiger partial charge in [-0.25, -0.2) is 4.98 Å². The number of aryl methyl sites for hydroxylation is 1. The first kappa shape index (κ1) is 16.8. The van der Waals surface area contributed by atoms with E-state index >= 15 is 0 Å². The van der Waals surface area contributed by atoms with E-state index in [1.807, 2.05) is 0 Å². The molecule has 2 unspecified atom stereocenters. The Morgan fingerprint density at radius 1 is 1.20 bits per heavy atom. The Kier molecular flexibility index (Phi) is 4.67. The van der Waals surface area contributed by atoms with Gasteiger partial charge in [0, 0.05) is 26.2 Å². The van der Waals surface area contributed by atoms with Crippen LogP contribution in [0.2, 0.25) is 0 Å². The molecule has 2 aliphatic rings. The second kappa shape index (κ2) is 6.94. The number of aromatic nitrogens is 1. The number of nitrogens with zero attached hydrogens (tertiary/aromatic N) is 3. The summed E-state index contributed by atoms with van der Waals surface area (Å²) in [6.07, 6.45) is 4.51. The minimum Gasteiger partial charge on any atom is -0.347 e. The van der Waals surface area contributed by atoms with Gasteiger partial charge in [0.25, 0.3) is 0 Å². The Morgan fingerprint density at radius 3 is 2.88 bits per heavy atom. The number of anilines is 1. The monoisotopic (exact) mass is 357 g/mol. The van der Waals surface area contributed by atoms with E-state index < -0.39 is 0 Å². The van der Waals surface area contributed by atoms with Crippen molar-refractivity contribution in [1.29, 1.82) is 0 Å². The number of piperidine rings is 2. The van der Waals surface area contributed by atoms with Crippen LogP contribution in [-0.2, 0) is 4.79 Å². The molecule has 0 aliphatic carbocycles. The highest BCUT2D eigenvalue weighted by Crippen LogP contribution is 2.32. The quantitative estimate of drug-likeness (QED) is 0.812. The SMILES string of the molecule is Cc1ccc2nc(N3CCCC(C(=O)N4CCCC(C)C4)C3)sc2c1. The molecule has 4 rings (SSSR count). The van der Waals surface area contributed by atoms with Gasteiger partial charge in [-0.2, -0.15) is 0 Å². The summed E-state index contributed by atoms with van der Waals surface area (Å²) < 4.78 is 1.24. The van der Waals surface area contributed by atoms with Crippen molar-refractivity contribution in [2.45, 2.75) is 39.5 Å². The number of thiazole rings is 1. The maximum absolute atomic E-state index is 13.0. The summed E-state index contributed by atoms with van der Waals surface area (Å²) in [5.41, 5.74) is 2.34. The van der Waals surface area contributed by atoms with Crippen molar-refractivity contribution in [3.8, 4) is 0 Å². The molecule has 1 amide bonds. The van der Waals surface area contributed by atoms with Crippen LogP contribution in [0.1, 0.15) is 38.2 Å². The van der Waals surface area contributed by atoms with E-state index in [2.05, 4.69) is 41.8 Å². The zero-order valence-corrected chi connectivity index (χ0v) is 16.0. The highest BCUT2D eigenvalue weighted by molar-refractivity contribution is 7.22. The lowest BCUT2D eigenvalue weighted by molar-refractivity contribution is -0.137. The van der Waals surface area contributed by atoms with Gasteiger partial charge in [-0.1, -0.05) is 24.3 Å². The van der Waals surface area contributed by atoms with E-state index in [0.29, 0.717) is 11.8 Å². The van der Waals surface area contributed by atoms with Gasteiger partial charge < -0.3 is 9.80 Å². The molecule has 2 saturated heterocycles. The van der Waals surface area contributed by atoms with Gasteiger partial charge in [-0.3, -0.25) is 4.79 Å². The second-order valence-electron chi connectivity index (χ2n) is 7.78. The van der Waals surface area contributed by atoms with Crippen LogP contribution in [-0.4, -0.2) is 42.0 Å². The van der Waals surface area contributed by atoms with Crippen molar-refractivity contribution < 1.29 is 4.79 Å². The smallest absolute Gasteiger partial charge is 0.227 e. The number of likely N-dealkylation sites (tertiary alicyclic amines) is 1. The van der Waals surface area contributed by atoms with Crippen molar-refractivity contribution in [2.24, 2.45) is 11.8 Å². The molecule has 1 aromatic carbocycles. The molecule has 0 radical (unpaired) electrons. The van der Waals surface area contributed by atoms with Crippen LogP contribution >= 0.6 is 11.3 Å². The minimum atomic E-state index is 0.132. The number of carbonyl (C=O) groups excluding carboxylic acids is 1. The molecule has 2 aliphatic heterocycles. The van der Waals surface area contributed by atoms with Crippen molar-refractivity contribution in [3.63, 3.8) is 0 Å². The molecular weight excluding hydrogens is 330 g/mol. The molecule has 134 valence electrons. The van der Waals surface area contributed by atoms with Crippen molar-refractivity contribution >= 4 is 32.6 Å². The Balaban J connectivity index is 1.49. The number of carbonyl (C=O) groups is 1. The summed E-state index contributed by atoms with van der Waals surface area (Å²) in [7, 11) is 0. The van der Waals surface area contributed by atoms with Gasteiger partial charge in [0.15, 0.2) is 5.13 Å². The van der Waals surface area contributed by atoms with Gasteiger partial charge >= 0.3 is 0 Å². The summed E-state index contributed by atoms with van der Waals surface area (Å²) in [4.78, 5) is 22.2. The summed E-state index contributed by atoms with van der Waals surface area (Å²) in [5.74, 6) is 1.14. The minimum absolute atomic E-state index is 0.132. The Hall–Kier alpha value is -1.62. The molecule has 2 aromatic rings. The van der Waals surface area contributed by atoms with E-state index in [1.165, 1.54) is 16.7 Å². The van der Waals surface area contributed by atoms with Crippen LogP contribution in [0.15, 0.2) is 18.2 Å². The number of benzene rings is 1. The molecule has 1 aromatic heterocycles. The summed E-state index contributed by atoms with van der Waals surface area (Å²) in [6, 6.07) is 6.43. The number of rotatable bonds is 2. The summed E-state index contributed by atoms with van der Waals surface area (Å²) >= 11 is 1.76. The van der Waals surface area contributed by atoms with E-state index in [1.54, 1.807) is 11.3 Å². The predicted octanol–water partition coefficient (Wildman–Crippen LogP) is 4.08. The molecule has 0 spiro atoms. The molecule has 0 saturated carbocycles. The second-order valence-corrected chi connectivity index (χ2v) is 8.79. The molecule has 4 nitrogen and oxygen atoms in total. The zero-order chi connectivity index (χ0) is 17.4. The van der Waals surface area contributed by atoms with Gasteiger partial charge in [0.2, 0.25) is 5.91 Å². The van der Waals surface area contributed by atoms with Gasteiger partial charge in [0.05, 0.1) is 16.1 Å². The predicted molar refractivity (Wildman–Crippen MR) is 104 cm³/mol. The number of amides is 1. The molecular formula is C20H27N3OS. The Morgan fingerprint density at radius 2 is 2.04 bits per heavy atom. The summed E-state index contributed by atoms with van der Waals surface area (Å²) in [5, 5.41) is 1.07.